The first-order valence-electron chi connectivity index (χ1n) is 9.64. The predicted octanol–water partition coefficient (Wildman–Crippen LogP) is 6.76. The zero-order valence-corrected chi connectivity index (χ0v) is 20.9. The van der Waals surface area contributed by atoms with Crippen LogP contribution in [0, 0.1) is 0 Å². The molecule has 0 bridgehead atoms. The second kappa shape index (κ2) is 8.10. The van der Waals surface area contributed by atoms with Crippen molar-refractivity contribution in [2.75, 3.05) is 19.0 Å². The van der Waals surface area contributed by atoms with Crippen molar-refractivity contribution in [3.05, 3.63) is 40.3 Å². The molecule has 2 heterocycles. The van der Waals surface area contributed by atoms with E-state index in [2.05, 4.69) is 131 Å². The lowest BCUT2D eigenvalue weighted by atomic mass is 10.2. The van der Waals surface area contributed by atoms with Gasteiger partial charge in [-0.1, -0.05) is 71.5 Å². The van der Waals surface area contributed by atoms with E-state index in [-0.39, 0.29) is 9.07 Å². The summed E-state index contributed by atoms with van der Waals surface area (Å²) in [7, 11) is 4.48. The minimum Gasteiger partial charge on any atom is -0.305 e. The number of nitrogens with zero attached hydrogens (tertiary/aromatic N) is 2. The third-order valence-electron chi connectivity index (χ3n) is 4.40. The Hall–Kier alpha value is 0.120. The van der Waals surface area contributed by atoms with Gasteiger partial charge in [-0.25, -0.2) is 0 Å². The van der Waals surface area contributed by atoms with E-state index in [1.807, 2.05) is 11.8 Å². The van der Waals surface area contributed by atoms with Crippen molar-refractivity contribution in [2.24, 2.45) is 0 Å². The molecule has 2 aliphatic rings. The summed E-state index contributed by atoms with van der Waals surface area (Å²) < 4.78 is 0.0899. The smallest absolute Gasteiger partial charge is 0.177 e. The van der Waals surface area contributed by atoms with Crippen molar-refractivity contribution in [3.8, 4) is 0 Å². The fraction of sp³-hybridized carbons (Fsp3) is 0.619. The highest BCUT2D eigenvalue weighted by molar-refractivity contribution is 8.28. The molecule has 1 saturated heterocycles. The van der Waals surface area contributed by atoms with E-state index < -0.39 is 0 Å². The second-order valence-corrected chi connectivity index (χ2v) is 14.6. The third kappa shape index (κ3) is 3.70. The van der Waals surface area contributed by atoms with Crippen molar-refractivity contribution >= 4 is 52.7 Å². The molecular weight excluding hydrogens is 409 g/mol. The molecule has 2 aliphatic heterocycles. The van der Waals surface area contributed by atoms with Gasteiger partial charge in [0.2, 0.25) is 0 Å². The maximum Gasteiger partial charge on any atom is 0.177 e. The number of fused-ring (bicyclic) bond motifs is 1. The van der Waals surface area contributed by atoms with Gasteiger partial charge in [-0.15, -0.1) is 35.3 Å². The van der Waals surface area contributed by atoms with Gasteiger partial charge in [-0.05, 0) is 26.2 Å². The monoisotopic (exact) mass is 440 g/mol. The average Bonchev–Trinajstić information content (AvgIpc) is 3.16. The van der Waals surface area contributed by atoms with Gasteiger partial charge < -0.3 is 4.90 Å². The van der Waals surface area contributed by atoms with Crippen molar-refractivity contribution in [3.63, 3.8) is 0 Å². The fourth-order valence-electron chi connectivity index (χ4n) is 3.58. The topological polar surface area (TPSA) is 6.48 Å². The minimum atomic E-state index is -0.0439. The number of para-hydroxylation sites is 1. The number of benzene rings is 1. The predicted molar refractivity (Wildman–Crippen MR) is 131 cm³/mol. The van der Waals surface area contributed by atoms with Gasteiger partial charge in [0, 0.05) is 26.3 Å². The maximum absolute atomic E-state index is 2.63. The first-order valence-corrected chi connectivity index (χ1v) is 13.1. The summed E-state index contributed by atoms with van der Waals surface area (Å²) in [5.74, 6) is 0. The van der Waals surface area contributed by atoms with E-state index in [0.29, 0.717) is 15.7 Å². The Bertz CT molecular complexity index is 701. The van der Waals surface area contributed by atoms with E-state index >= 15 is 0 Å². The SMILES string of the molecule is CC(C)SC1=C(SC(C)C)C2(SC(C)C)SC2(N(C)C)N1c1ccccc1. The van der Waals surface area contributed by atoms with Gasteiger partial charge in [0.05, 0.1) is 5.03 Å². The Balaban J connectivity index is 2.21. The lowest BCUT2D eigenvalue weighted by Gasteiger charge is -2.36. The Kier molecular flexibility index (Phi) is 6.54. The summed E-state index contributed by atoms with van der Waals surface area (Å²) in [6.07, 6.45) is 0. The molecule has 0 aliphatic carbocycles. The number of thioether (sulfide) groups is 4. The summed E-state index contributed by atoms with van der Waals surface area (Å²) in [4.78, 5) is 6.59. The van der Waals surface area contributed by atoms with Crippen molar-refractivity contribution in [2.45, 2.75) is 66.4 Å². The highest BCUT2D eigenvalue weighted by Crippen LogP contribution is 2.82. The second-order valence-electron chi connectivity index (χ2n) is 8.03. The molecule has 0 amide bonds. The van der Waals surface area contributed by atoms with Crippen molar-refractivity contribution in [1.82, 2.24) is 4.90 Å². The highest BCUT2D eigenvalue weighted by atomic mass is 32.2. The van der Waals surface area contributed by atoms with Crippen LogP contribution in [0.4, 0.5) is 5.69 Å². The van der Waals surface area contributed by atoms with Gasteiger partial charge in [-0.2, -0.15) is 0 Å². The van der Waals surface area contributed by atoms with E-state index in [0.717, 1.165) is 0 Å². The molecular formula is C21H32N2S4. The van der Waals surface area contributed by atoms with Crippen LogP contribution in [0.5, 0.6) is 0 Å². The van der Waals surface area contributed by atoms with Crippen LogP contribution in [-0.2, 0) is 0 Å². The van der Waals surface area contributed by atoms with Crippen molar-refractivity contribution < 1.29 is 0 Å². The lowest BCUT2D eigenvalue weighted by molar-refractivity contribution is 0.302. The van der Waals surface area contributed by atoms with Gasteiger partial charge in [-0.3, -0.25) is 4.90 Å². The van der Waals surface area contributed by atoms with Crippen LogP contribution in [0.25, 0.3) is 0 Å². The molecule has 1 aromatic rings. The summed E-state index contributed by atoms with van der Waals surface area (Å²) in [6.45, 7) is 13.9. The summed E-state index contributed by atoms with van der Waals surface area (Å²) in [5.41, 5.74) is 1.30. The molecule has 0 N–H and O–H groups in total. The first-order chi connectivity index (χ1) is 12.7. The van der Waals surface area contributed by atoms with Crippen LogP contribution in [0.1, 0.15) is 41.5 Å². The molecule has 0 radical (unpaired) electrons. The van der Waals surface area contributed by atoms with E-state index in [4.69, 9.17) is 0 Å². The summed E-state index contributed by atoms with van der Waals surface area (Å²) in [6, 6.07) is 11.0. The van der Waals surface area contributed by atoms with Crippen LogP contribution in [-0.4, -0.2) is 43.8 Å². The molecule has 0 spiro atoms. The molecule has 0 aromatic heterocycles. The number of hydrogen-bond donors (Lipinski definition) is 0. The van der Waals surface area contributed by atoms with Crippen LogP contribution in [0.15, 0.2) is 40.3 Å². The molecule has 1 aromatic carbocycles. The van der Waals surface area contributed by atoms with E-state index in [1.54, 1.807) is 4.91 Å². The van der Waals surface area contributed by atoms with Crippen LogP contribution in [0.3, 0.4) is 0 Å². The molecule has 1 fully saturated rings. The molecule has 6 heteroatoms. The largest absolute Gasteiger partial charge is 0.305 e. The normalized spacial score (nSPS) is 27.5. The number of hydrogen-bond acceptors (Lipinski definition) is 6. The first kappa shape index (κ1) is 21.8. The Morgan fingerprint density at radius 1 is 0.889 bits per heavy atom. The lowest BCUT2D eigenvalue weighted by Crippen LogP contribution is -2.48. The summed E-state index contributed by atoms with van der Waals surface area (Å²) >= 11 is 8.34. The fourth-order valence-corrected chi connectivity index (χ4v) is 10.6. The molecule has 27 heavy (non-hydrogen) atoms. The van der Waals surface area contributed by atoms with Gasteiger partial charge in [0.25, 0.3) is 0 Å². The number of rotatable bonds is 8. The third-order valence-corrected chi connectivity index (χ3v) is 10.7. The van der Waals surface area contributed by atoms with Crippen LogP contribution in [0.2, 0.25) is 0 Å². The zero-order valence-electron chi connectivity index (χ0n) is 17.6. The average molecular weight is 441 g/mol. The maximum atomic E-state index is 2.63. The minimum absolute atomic E-state index is 0.0439. The molecule has 150 valence electrons. The standard InChI is InChI=1S/C21H32N2S4/c1-14(2)24-18-19(25-15(3)4)23(17-12-10-9-11-13-17)21(22(7)8)20(18,27-21)26-16(5)6/h9-16H,1-8H3. The zero-order chi connectivity index (χ0) is 20.0. The molecule has 2 unspecified atom stereocenters. The Morgan fingerprint density at radius 2 is 1.48 bits per heavy atom. The summed E-state index contributed by atoms with van der Waals surface area (Å²) in [5, 5.41) is 3.17. The van der Waals surface area contributed by atoms with Gasteiger partial charge in [0.15, 0.2) is 4.99 Å². The molecule has 2 atom stereocenters. The van der Waals surface area contributed by atoms with E-state index in [1.165, 1.54) is 10.7 Å². The van der Waals surface area contributed by atoms with Gasteiger partial charge >= 0.3 is 0 Å². The van der Waals surface area contributed by atoms with Gasteiger partial charge in [0.1, 0.15) is 4.08 Å². The Labute approximate surface area is 182 Å². The van der Waals surface area contributed by atoms with E-state index in [9.17, 15) is 0 Å². The Morgan fingerprint density at radius 3 is 1.96 bits per heavy atom. The number of anilines is 1. The van der Waals surface area contributed by atoms with Crippen molar-refractivity contribution in [1.29, 1.82) is 0 Å². The molecule has 0 saturated carbocycles. The van der Waals surface area contributed by atoms with Crippen LogP contribution < -0.4 is 4.90 Å². The molecule has 3 rings (SSSR count). The molecule has 2 nitrogen and oxygen atoms in total. The highest BCUT2D eigenvalue weighted by Gasteiger charge is 2.81. The quantitative estimate of drug-likeness (QED) is 0.409. The van der Waals surface area contributed by atoms with Crippen LogP contribution >= 0.6 is 47.0 Å².